The predicted octanol–water partition coefficient (Wildman–Crippen LogP) is 15.5. The topological polar surface area (TPSA) is 93.1 Å². The Morgan fingerprint density at radius 2 is 0.607 bits per heavy atom. The van der Waals surface area contributed by atoms with Crippen molar-refractivity contribution in [3.05, 3.63) is 0 Å². The molecular formula is C50H100O6. The summed E-state index contributed by atoms with van der Waals surface area (Å²) in [5.74, 6) is 1.19. The van der Waals surface area contributed by atoms with Crippen molar-refractivity contribution < 1.29 is 29.3 Å². The molecule has 2 N–H and O–H groups in total. The first kappa shape index (κ1) is 57.0. The van der Waals surface area contributed by atoms with Crippen molar-refractivity contribution in [1.82, 2.24) is 0 Å². The standard InChI is InChI=1S/C38H74O4.C12H26O2/c1-6-7-8-9-10-11-18-23-28-33-38(41-36(39)31-26-21-16-12-14-19-24-29-34(2)3)42-37(40)32-27-22-17-13-15-20-25-30-35(4)5;13-11-9-7-5-3-1-2-4-6-8-10-12-14/h34-35,38H,6-33H2,1-5H3;13-14H,1-12H2. The zero-order chi connectivity index (χ0) is 41.6. The van der Waals surface area contributed by atoms with Gasteiger partial charge in [-0.05, 0) is 43.9 Å². The molecule has 0 saturated carbocycles. The van der Waals surface area contributed by atoms with Crippen molar-refractivity contribution in [3.8, 4) is 0 Å². The second-order valence-corrected chi connectivity index (χ2v) is 17.8. The number of aliphatic hydroxyl groups excluding tert-OH is 2. The number of unbranched alkanes of at least 4 members (excludes halogenated alkanes) is 29. The van der Waals surface area contributed by atoms with E-state index in [1.807, 2.05) is 0 Å². The van der Waals surface area contributed by atoms with E-state index in [2.05, 4.69) is 34.6 Å². The molecule has 0 aliphatic carbocycles. The maximum Gasteiger partial charge on any atom is 0.308 e. The molecule has 0 atom stereocenters. The van der Waals surface area contributed by atoms with E-state index >= 15 is 0 Å². The van der Waals surface area contributed by atoms with Crippen LogP contribution in [0, 0.1) is 11.8 Å². The van der Waals surface area contributed by atoms with Crippen molar-refractivity contribution in [2.75, 3.05) is 13.2 Å². The third-order valence-electron chi connectivity index (χ3n) is 11.0. The Balaban J connectivity index is 0. The van der Waals surface area contributed by atoms with E-state index in [1.54, 1.807) is 0 Å². The third kappa shape index (κ3) is 50.9. The number of aliphatic hydroxyl groups is 2. The molecule has 0 spiro atoms. The summed E-state index contributed by atoms with van der Waals surface area (Å²) >= 11 is 0. The molecule has 0 bridgehead atoms. The average molecular weight is 797 g/mol. The van der Waals surface area contributed by atoms with Gasteiger partial charge in [0.15, 0.2) is 0 Å². The van der Waals surface area contributed by atoms with Gasteiger partial charge in [0.1, 0.15) is 0 Å². The Kier molecular flexibility index (Phi) is 49.1. The van der Waals surface area contributed by atoms with Crippen molar-refractivity contribution in [2.45, 2.75) is 285 Å². The maximum absolute atomic E-state index is 12.6. The highest BCUT2D eigenvalue weighted by Gasteiger charge is 2.19. The minimum absolute atomic E-state index is 0.210. The summed E-state index contributed by atoms with van der Waals surface area (Å²) in [6, 6.07) is 0. The fraction of sp³-hybridized carbons (Fsp3) is 0.960. The van der Waals surface area contributed by atoms with Gasteiger partial charge in [-0.15, -0.1) is 0 Å². The van der Waals surface area contributed by atoms with Crippen LogP contribution in [0.15, 0.2) is 0 Å². The molecule has 0 rings (SSSR count). The molecule has 0 unspecified atom stereocenters. The minimum Gasteiger partial charge on any atom is -0.425 e. The SMILES string of the molecule is CCCCCCCCCCCC(OC(=O)CCCCCCCCCC(C)C)OC(=O)CCCCCCCCCC(C)C.OCCCCCCCCCCCCO. The lowest BCUT2D eigenvalue weighted by Crippen LogP contribution is -2.24. The van der Waals surface area contributed by atoms with E-state index < -0.39 is 6.29 Å². The number of carbonyl (C=O) groups excluding carboxylic acids is 2. The molecule has 6 heteroatoms. The molecule has 0 saturated heterocycles. The monoisotopic (exact) mass is 797 g/mol. The van der Waals surface area contributed by atoms with Gasteiger partial charge in [0.2, 0.25) is 6.29 Å². The number of rotatable bonds is 43. The zero-order valence-electron chi connectivity index (χ0n) is 38.5. The summed E-state index contributed by atoms with van der Waals surface area (Å²) in [6.07, 6.45) is 43.4. The second-order valence-electron chi connectivity index (χ2n) is 17.8. The molecule has 56 heavy (non-hydrogen) atoms. The van der Waals surface area contributed by atoms with E-state index in [9.17, 15) is 9.59 Å². The van der Waals surface area contributed by atoms with Gasteiger partial charge >= 0.3 is 11.9 Å². The van der Waals surface area contributed by atoms with Crippen LogP contribution in [0.25, 0.3) is 0 Å². The molecule has 0 aliphatic heterocycles. The Labute approximate surface area is 350 Å². The molecule has 336 valence electrons. The lowest BCUT2D eigenvalue weighted by Gasteiger charge is -2.18. The molecular weight excluding hydrogens is 697 g/mol. The number of carbonyl (C=O) groups is 2. The van der Waals surface area contributed by atoms with Gasteiger partial charge < -0.3 is 19.7 Å². The second kappa shape index (κ2) is 48.2. The van der Waals surface area contributed by atoms with E-state index in [0.717, 1.165) is 63.2 Å². The maximum atomic E-state index is 12.6. The van der Waals surface area contributed by atoms with Gasteiger partial charge in [-0.25, -0.2) is 0 Å². The highest BCUT2D eigenvalue weighted by molar-refractivity contribution is 5.71. The summed E-state index contributed by atoms with van der Waals surface area (Å²) in [7, 11) is 0. The van der Waals surface area contributed by atoms with Gasteiger partial charge in [0, 0.05) is 32.5 Å². The van der Waals surface area contributed by atoms with Crippen molar-refractivity contribution in [1.29, 1.82) is 0 Å². The fourth-order valence-corrected chi connectivity index (χ4v) is 7.22. The summed E-state index contributed by atoms with van der Waals surface area (Å²) < 4.78 is 11.4. The van der Waals surface area contributed by atoms with Crippen molar-refractivity contribution >= 4 is 11.9 Å². The fourth-order valence-electron chi connectivity index (χ4n) is 7.22. The van der Waals surface area contributed by atoms with Crippen LogP contribution in [0.1, 0.15) is 279 Å². The lowest BCUT2D eigenvalue weighted by atomic mass is 10.0. The molecule has 0 radical (unpaired) electrons. The van der Waals surface area contributed by atoms with E-state index in [0.29, 0.717) is 32.5 Å². The van der Waals surface area contributed by atoms with Crippen LogP contribution < -0.4 is 0 Å². The normalized spacial score (nSPS) is 11.4. The Morgan fingerprint density at radius 1 is 0.357 bits per heavy atom. The largest absolute Gasteiger partial charge is 0.425 e. The van der Waals surface area contributed by atoms with Crippen LogP contribution in [0.3, 0.4) is 0 Å². The summed E-state index contributed by atoms with van der Waals surface area (Å²) in [4.78, 5) is 25.1. The highest BCUT2D eigenvalue weighted by Crippen LogP contribution is 2.18. The van der Waals surface area contributed by atoms with Crippen LogP contribution in [-0.2, 0) is 19.1 Å². The van der Waals surface area contributed by atoms with Crippen LogP contribution >= 0.6 is 0 Å². The van der Waals surface area contributed by atoms with Crippen LogP contribution in [-0.4, -0.2) is 41.7 Å². The lowest BCUT2D eigenvalue weighted by molar-refractivity contribution is -0.189. The number of esters is 2. The first-order valence-electron chi connectivity index (χ1n) is 24.9. The molecule has 0 amide bonds. The minimum atomic E-state index is -0.712. The third-order valence-corrected chi connectivity index (χ3v) is 11.0. The number of ether oxygens (including phenoxy) is 2. The summed E-state index contributed by atoms with van der Waals surface area (Å²) in [5, 5.41) is 17.1. The molecule has 6 nitrogen and oxygen atoms in total. The van der Waals surface area contributed by atoms with Gasteiger partial charge in [0.05, 0.1) is 0 Å². The van der Waals surface area contributed by atoms with E-state index in [1.165, 1.54) is 173 Å². The zero-order valence-corrected chi connectivity index (χ0v) is 38.5. The summed E-state index contributed by atoms with van der Waals surface area (Å²) in [5.41, 5.74) is 0. The molecule has 0 fully saturated rings. The first-order chi connectivity index (χ1) is 27.3. The number of hydrogen-bond acceptors (Lipinski definition) is 6. The summed E-state index contributed by atoms with van der Waals surface area (Å²) in [6.45, 7) is 12.1. The Morgan fingerprint density at radius 3 is 0.893 bits per heavy atom. The van der Waals surface area contributed by atoms with Crippen LogP contribution in [0.5, 0.6) is 0 Å². The molecule has 0 aromatic heterocycles. The Hall–Kier alpha value is -1.14. The smallest absolute Gasteiger partial charge is 0.308 e. The Bertz CT molecular complexity index is 717. The van der Waals surface area contributed by atoms with E-state index in [4.69, 9.17) is 19.7 Å². The van der Waals surface area contributed by atoms with Gasteiger partial charge in [-0.2, -0.15) is 0 Å². The van der Waals surface area contributed by atoms with Crippen molar-refractivity contribution in [2.24, 2.45) is 11.8 Å². The highest BCUT2D eigenvalue weighted by atomic mass is 16.7. The molecule has 0 aromatic rings. The quantitative estimate of drug-likeness (QED) is 0.0363. The predicted molar refractivity (Wildman–Crippen MR) is 241 cm³/mol. The van der Waals surface area contributed by atoms with Crippen molar-refractivity contribution in [3.63, 3.8) is 0 Å². The van der Waals surface area contributed by atoms with Crippen LogP contribution in [0.4, 0.5) is 0 Å². The van der Waals surface area contributed by atoms with E-state index in [-0.39, 0.29) is 11.9 Å². The van der Waals surface area contributed by atoms with Gasteiger partial charge in [-0.3, -0.25) is 9.59 Å². The number of hydrogen-bond donors (Lipinski definition) is 2. The average Bonchev–Trinajstić information content (AvgIpc) is 3.16. The first-order valence-corrected chi connectivity index (χ1v) is 24.9. The van der Waals surface area contributed by atoms with Gasteiger partial charge in [-0.1, -0.05) is 227 Å². The van der Waals surface area contributed by atoms with Gasteiger partial charge in [0.25, 0.3) is 0 Å². The molecule has 0 aromatic carbocycles. The molecule has 0 aliphatic rings. The molecule has 0 heterocycles. The van der Waals surface area contributed by atoms with Crippen LogP contribution in [0.2, 0.25) is 0 Å².